The highest BCUT2D eigenvalue weighted by atomic mass is 19.1. The van der Waals surface area contributed by atoms with Crippen LogP contribution in [0.4, 0.5) is 10.3 Å². The van der Waals surface area contributed by atoms with Crippen molar-refractivity contribution in [2.45, 2.75) is 13.8 Å². The predicted octanol–water partition coefficient (Wildman–Crippen LogP) is 4.15. The first-order chi connectivity index (χ1) is 10.5. The highest BCUT2D eigenvalue weighted by Crippen LogP contribution is 2.26. The van der Waals surface area contributed by atoms with E-state index in [0.717, 1.165) is 16.8 Å². The van der Waals surface area contributed by atoms with E-state index in [1.165, 1.54) is 23.3 Å². The number of aryl methyl sites for hydroxylation is 2. The lowest BCUT2D eigenvalue weighted by Crippen LogP contribution is -1.99. The number of nitrogens with zero attached hydrogens (tertiary/aromatic N) is 2. The van der Waals surface area contributed by atoms with Crippen molar-refractivity contribution < 1.29 is 4.39 Å². The van der Waals surface area contributed by atoms with Crippen LogP contribution in [0.3, 0.4) is 0 Å². The molecule has 3 nitrogen and oxygen atoms in total. The first kappa shape index (κ1) is 14.2. The highest BCUT2D eigenvalue weighted by molar-refractivity contribution is 5.69. The second-order valence-corrected chi connectivity index (χ2v) is 5.30. The van der Waals surface area contributed by atoms with Crippen LogP contribution in [0.1, 0.15) is 11.1 Å². The van der Waals surface area contributed by atoms with Gasteiger partial charge < -0.3 is 5.73 Å². The summed E-state index contributed by atoms with van der Waals surface area (Å²) in [6, 6.07) is 14.2. The minimum atomic E-state index is -0.278. The van der Waals surface area contributed by atoms with Gasteiger partial charge in [-0.25, -0.2) is 14.4 Å². The van der Waals surface area contributed by atoms with Crippen molar-refractivity contribution in [2.24, 2.45) is 0 Å². The van der Waals surface area contributed by atoms with E-state index in [-0.39, 0.29) is 11.8 Å². The first-order valence-electron chi connectivity index (χ1n) is 7.01. The summed E-state index contributed by atoms with van der Waals surface area (Å²) in [6.07, 6.45) is 0. The molecule has 0 unspecified atom stereocenters. The largest absolute Gasteiger partial charge is 0.368 e. The molecule has 3 rings (SSSR count). The van der Waals surface area contributed by atoms with Crippen LogP contribution >= 0.6 is 0 Å². The fourth-order valence-corrected chi connectivity index (χ4v) is 2.28. The SMILES string of the molecule is Cc1ccc(-c2cc(-c3ccc(F)cc3)nc(N)n2)cc1C. The van der Waals surface area contributed by atoms with E-state index in [0.29, 0.717) is 5.69 Å². The van der Waals surface area contributed by atoms with Crippen LogP contribution in [-0.4, -0.2) is 9.97 Å². The van der Waals surface area contributed by atoms with E-state index in [9.17, 15) is 4.39 Å². The number of nitrogens with two attached hydrogens (primary N) is 1. The summed E-state index contributed by atoms with van der Waals surface area (Å²) >= 11 is 0. The number of hydrogen-bond donors (Lipinski definition) is 1. The maximum Gasteiger partial charge on any atom is 0.221 e. The number of anilines is 1. The zero-order valence-electron chi connectivity index (χ0n) is 12.5. The van der Waals surface area contributed by atoms with E-state index in [4.69, 9.17) is 5.73 Å². The van der Waals surface area contributed by atoms with Crippen molar-refractivity contribution in [3.8, 4) is 22.5 Å². The van der Waals surface area contributed by atoms with Gasteiger partial charge in [0, 0.05) is 11.1 Å². The maximum absolute atomic E-state index is 13.1. The molecule has 1 heterocycles. The minimum Gasteiger partial charge on any atom is -0.368 e. The van der Waals surface area contributed by atoms with Gasteiger partial charge in [-0.1, -0.05) is 12.1 Å². The van der Waals surface area contributed by atoms with Gasteiger partial charge in [0.05, 0.1) is 11.4 Å². The van der Waals surface area contributed by atoms with Crippen molar-refractivity contribution in [1.29, 1.82) is 0 Å². The molecule has 2 N–H and O–H groups in total. The molecule has 110 valence electrons. The molecule has 0 spiro atoms. The van der Waals surface area contributed by atoms with Gasteiger partial charge in [0.15, 0.2) is 0 Å². The third-order valence-electron chi connectivity index (χ3n) is 3.69. The average molecular weight is 293 g/mol. The Morgan fingerprint density at radius 1 is 0.773 bits per heavy atom. The standard InChI is InChI=1S/C18H16FN3/c1-11-3-4-14(9-12(11)2)17-10-16(21-18(20)22-17)13-5-7-15(19)8-6-13/h3-10H,1-2H3,(H2,20,21,22). The van der Waals surface area contributed by atoms with Gasteiger partial charge in [-0.3, -0.25) is 0 Å². The third-order valence-corrected chi connectivity index (χ3v) is 3.69. The molecular formula is C18H16FN3. The normalized spacial score (nSPS) is 10.7. The van der Waals surface area contributed by atoms with E-state index in [1.807, 2.05) is 12.1 Å². The Hall–Kier alpha value is -2.75. The van der Waals surface area contributed by atoms with Crippen LogP contribution < -0.4 is 5.73 Å². The van der Waals surface area contributed by atoms with Gasteiger partial charge in [0.25, 0.3) is 0 Å². The lowest BCUT2D eigenvalue weighted by Gasteiger charge is -2.08. The lowest BCUT2D eigenvalue weighted by molar-refractivity contribution is 0.628. The van der Waals surface area contributed by atoms with E-state index in [1.54, 1.807) is 12.1 Å². The quantitative estimate of drug-likeness (QED) is 0.772. The maximum atomic E-state index is 13.1. The first-order valence-corrected chi connectivity index (χ1v) is 7.01. The second kappa shape index (κ2) is 5.56. The molecule has 0 fully saturated rings. The molecule has 0 bridgehead atoms. The molecule has 2 aromatic carbocycles. The summed E-state index contributed by atoms with van der Waals surface area (Å²) < 4.78 is 13.1. The summed E-state index contributed by atoms with van der Waals surface area (Å²) in [5.41, 5.74) is 11.5. The molecule has 0 amide bonds. The van der Waals surface area contributed by atoms with Crippen molar-refractivity contribution in [2.75, 3.05) is 5.73 Å². The number of hydrogen-bond acceptors (Lipinski definition) is 3. The van der Waals surface area contributed by atoms with E-state index < -0.39 is 0 Å². The summed E-state index contributed by atoms with van der Waals surface area (Å²) in [6.45, 7) is 4.13. The molecule has 1 aromatic heterocycles. The van der Waals surface area contributed by atoms with E-state index in [2.05, 4.69) is 35.9 Å². The monoisotopic (exact) mass is 293 g/mol. The molecule has 0 aliphatic carbocycles. The van der Waals surface area contributed by atoms with Gasteiger partial charge in [0.2, 0.25) is 5.95 Å². The van der Waals surface area contributed by atoms with Gasteiger partial charge >= 0.3 is 0 Å². The molecule has 0 atom stereocenters. The van der Waals surface area contributed by atoms with Gasteiger partial charge in [0.1, 0.15) is 5.82 Å². The molecule has 22 heavy (non-hydrogen) atoms. The minimum absolute atomic E-state index is 0.204. The Labute approximate surface area is 128 Å². The van der Waals surface area contributed by atoms with Gasteiger partial charge in [-0.15, -0.1) is 0 Å². The van der Waals surface area contributed by atoms with Gasteiger partial charge in [-0.2, -0.15) is 0 Å². The molecular weight excluding hydrogens is 277 g/mol. The van der Waals surface area contributed by atoms with Crippen LogP contribution in [0.15, 0.2) is 48.5 Å². The third kappa shape index (κ3) is 2.81. The Morgan fingerprint density at radius 3 is 2.00 bits per heavy atom. The average Bonchev–Trinajstić information content (AvgIpc) is 2.50. The fourth-order valence-electron chi connectivity index (χ4n) is 2.28. The summed E-state index contributed by atoms with van der Waals surface area (Å²) in [5.74, 6) is -0.0739. The lowest BCUT2D eigenvalue weighted by atomic mass is 10.0. The summed E-state index contributed by atoms with van der Waals surface area (Å²) in [7, 11) is 0. The Bertz CT molecular complexity index is 826. The van der Waals surface area contributed by atoms with Crippen LogP contribution in [0, 0.1) is 19.7 Å². The zero-order valence-corrected chi connectivity index (χ0v) is 12.5. The van der Waals surface area contributed by atoms with Gasteiger partial charge in [-0.05, 0) is 61.4 Å². The van der Waals surface area contributed by atoms with E-state index >= 15 is 0 Å². The molecule has 0 saturated heterocycles. The predicted molar refractivity (Wildman–Crippen MR) is 86.7 cm³/mol. The van der Waals surface area contributed by atoms with Crippen molar-refractivity contribution in [3.63, 3.8) is 0 Å². The zero-order chi connectivity index (χ0) is 15.7. The number of aromatic nitrogens is 2. The Morgan fingerprint density at radius 2 is 1.36 bits per heavy atom. The Kier molecular flexibility index (Phi) is 3.59. The van der Waals surface area contributed by atoms with Crippen LogP contribution in [0.2, 0.25) is 0 Å². The van der Waals surface area contributed by atoms with Crippen molar-refractivity contribution in [1.82, 2.24) is 9.97 Å². The summed E-state index contributed by atoms with van der Waals surface area (Å²) in [5, 5.41) is 0. The number of halogens is 1. The van der Waals surface area contributed by atoms with Crippen LogP contribution in [0.5, 0.6) is 0 Å². The second-order valence-electron chi connectivity index (χ2n) is 5.30. The number of nitrogen functional groups attached to an aromatic ring is 1. The molecule has 0 saturated carbocycles. The number of benzene rings is 2. The Balaban J connectivity index is 2.09. The molecule has 3 aromatic rings. The topological polar surface area (TPSA) is 51.8 Å². The van der Waals surface area contributed by atoms with Crippen LogP contribution in [-0.2, 0) is 0 Å². The van der Waals surface area contributed by atoms with Crippen molar-refractivity contribution in [3.05, 3.63) is 65.5 Å². The molecule has 4 heteroatoms. The molecule has 0 aliphatic rings. The van der Waals surface area contributed by atoms with Crippen molar-refractivity contribution >= 4 is 5.95 Å². The highest BCUT2D eigenvalue weighted by Gasteiger charge is 2.08. The molecule has 0 aliphatic heterocycles. The fraction of sp³-hybridized carbons (Fsp3) is 0.111. The molecule has 0 radical (unpaired) electrons. The smallest absolute Gasteiger partial charge is 0.221 e. The van der Waals surface area contributed by atoms with Crippen LogP contribution in [0.25, 0.3) is 22.5 Å². The number of rotatable bonds is 2. The summed E-state index contributed by atoms with van der Waals surface area (Å²) in [4.78, 5) is 8.55.